The summed E-state index contributed by atoms with van der Waals surface area (Å²) in [6, 6.07) is 6.20. The Hall–Kier alpha value is -1.95. The molecule has 0 unspecified atom stereocenters. The van der Waals surface area contributed by atoms with Crippen LogP contribution in [0.4, 0.5) is 0 Å². The summed E-state index contributed by atoms with van der Waals surface area (Å²) in [5.41, 5.74) is 0.178. The fraction of sp³-hybridized carbons (Fsp3) is 0. The number of hydrogen-bond acceptors (Lipinski definition) is 5. The second kappa shape index (κ2) is 4.05. The Morgan fingerprint density at radius 3 is 3.00 bits per heavy atom. The molecule has 15 heavy (non-hydrogen) atoms. The van der Waals surface area contributed by atoms with Crippen LogP contribution in [0.3, 0.4) is 0 Å². The monoisotopic (exact) mass is 222 g/mol. The van der Waals surface area contributed by atoms with E-state index < -0.39 is 5.97 Å². The number of carbonyl (C=O) groups is 1. The summed E-state index contributed by atoms with van der Waals surface area (Å²) < 4.78 is 9.06. The zero-order valence-corrected chi connectivity index (χ0v) is 8.27. The molecular formula is C9H6N2O3S. The summed E-state index contributed by atoms with van der Waals surface area (Å²) in [6.45, 7) is 0. The molecule has 1 heterocycles. The van der Waals surface area contributed by atoms with Crippen LogP contribution < -0.4 is 4.74 Å². The van der Waals surface area contributed by atoms with Crippen LogP contribution in [0.25, 0.3) is 0 Å². The normalized spacial score (nSPS) is 9.87. The minimum Gasteiger partial charge on any atom is -0.478 e. The number of rotatable bonds is 3. The lowest BCUT2D eigenvalue weighted by Gasteiger charge is -2.01. The summed E-state index contributed by atoms with van der Waals surface area (Å²) in [4.78, 5) is 14.5. The van der Waals surface area contributed by atoms with Crippen molar-refractivity contribution >= 4 is 17.5 Å². The van der Waals surface area contributed by atoms with Crippen LogP contribution in [0.2, 0.25) is 0 Å². The first-order valence-corrected chi connectivity index (χ1v) is 4.81. The van der Waals surface area contributed by atoms with Gasteiger partial charge in [0.15, 0.2) is 0 Å². The van der Waals surface area contributed by atoms with Gasteiger partial charge in [-0.2, -0.15) is 9.36 Å². The number of benzene rings is 1. The molecule has 1 N–H and O–H groups in total. The maximum Gasteiger partial charge on any atom is 0.335 e. The summed E-state index contributed by atoms with van der Waals surface area (Å²) in [5.74, 6) is -0.552. The highest BCUT2D eigenvalue weighted by Gasteiger charge is 2.05. The Morgan fingerprint density at radius 1 is 1.47 bits per heavy atom. The van der Waals surface area contributed by atoms with Gasteiger partial charge < -0.3 is 9.84 Å². The minimum atomic E-state index is -0.988. The Bertz CT molecular complexity index is 470. The number of aromatic nitrogens is 2. The van der Waals surface area contributed by atoms with Crippen molar-refractivity contribution in [3.05, 3.63) is 36.2 Å². The molecule has 0 atom stereocenters. The SMILES string of the molecule is O=C(O)c1cccc(Oc2ncns2)c1. The summed E-state index contributed by atoms with van der Waals surface area (Å²) in [6.07, 6.45) is 1.38. The standard InChI is InChI=1S/C9H6N2O3S/c12-8(13)6-2-1-3-7(4-6)14-9-10-5-11-15-9/h1-5H,(H,12,13). The van der Waals surface area contributed by atoms with Crippen LogP contribution in [0.1, 0.15) is 10.4 Å². The third-order valence-corrected chi connectivity index (χ3v) is 2.17. The molecule has 0 spiro atoms. The molecule has 2 aromatic rings. The highest BCUT2D eigenvalue weighted by Crippen LogP contribution is 2.22. The van der Waals surface area contributed by atoms with E-state index in [0.29, 0.717) is 10.9 Å². The number of nitrogens with zero attached hydrogens (tertiary/aromatic N) is 2. The van der Waals surface area contributed by atoms with Gasteiger partial charge in [0.25, 0.3) is 5.19 Å². The molecule has 1 aromatic carbocycles. The van der Waals surface area contributed by atoms with E-state index in [1.807, 2.05) is 0 Å². The fourth-order valence-corrected chi connectivity index (χ4v) is 1.41. The van der Waals surface area contributed by atoms with Crippen LogP contribution >= 0.6 is 11.5 Å². The lowest BCUT2D eigenvalue weighted by atomic mass is 10.2. The average molecular weight is 222 g/mol. The molecule has 0 radical (unpaired) electrons. The highest BCUT2D eigenvalue weighted by atomic mass is 32.1. The second-order valence-electron chi connectivity index (χ2n) is 2.64. The van der Waals surface area contributed by atoms with Crippen LogP contribution in [0.15, 0.2) is 30.6 Å². The van der Waals surface area contributed by atoms with Crippen molar-refractivity contribution in [2.24, 2.45) is 0 Å². The van der Waals surface area contributed by atoms with Gasteiger partial charge in [0.1, 0.15) is 12.1 Å². The Balaban J connectivity index is 2.22. The zero-order chi connectivity index (χ0) is 10.7. The number of ether oxygens (including phenoxy) is 1. The molecule has 5 nitrogen and oxygen atoms in total. The number of hydrogen-bond donors (Lipinski definition) is 1. The molecule has 1 aromatic heterocycles. The molecule has 76 valence electrons. The van der Waals surface area contributed by atoms with Gasteiger partial charge in [-0.1, -0.05) is 6.07 Å². The van der Waals surface area contributed by atoms with E-state index in [-0.39, 0.29) is 5.56 Å². The maximum absolute atomic E-state index is 10.7. The number of carboxylic acids is 1. The van der Waals surface area contributed by atoms with E-state index in [0.717, 1.165) is 11.5 Å². The Morgan fingerprint density at radius 2 is 2.33 bits per heavy atom. The predicted molar refractivity (Wildman–Crippen MR) is 53.4 cm³/mol. The molecule has 0 aliphatic heterocycles. The summed E-state index contributed by atoms with van der Waals surface area (Å²) in [5, 5.41) is 9.14. The smallest absolute Gasteiger partial charge is 0.335 e. The first-order valence-electron chi connectivity index (χ1n) is 4.03. The topological polar surface area (TPSA) is 72.3 Å². The lowest BCUT2D eigenvalue weighted by Crippen LogP contribution is -1.95. The van der Waals surface area contributed by atoms with Crippen LogP contribution in [0.5, 0.6) is 10.9 Å². The fourth-order valence-electron chi connectivity index (χ4n) is 1.00. The van der Waals surface area contributed by atoms with Gasteiger partial charge in [-0.3, -0.25) is 0 Å². The van der Waals surface area contributed by atoms with Gasteiger partial charge in [0.05, 0.1) is 5.56 Å². The molecule has 0 saturated heterocycles. The van der Waals surface area contributed by atoms with Gasteiger partial charge in [-0.25, -0.2) is 4.79 Å². The predicted octanol–water partition coefficient (Wildman–Crippen LogP) is 2.03. The quantitative estimate of drug-likeness (QED) is 0.860. The number of carboxylic acid groups (broad SMARTS) is 1. The van der Waals surface area contributed by atoms with Crippen molar-refractivity contribution in [3.8, 4) is 10.9 Å². The van der Waals surface area contributed by atoms with E-state index in [2.05, 4.69) is 9.36 Å². The van der Waals surface area contributed by atoms with Gasteiger partial charge in [-0.15, -0.1) is 0 Å². The van der Waals surface area contributed by atoms with Gasteiger partial charge in [-0.05, 0) is 18.2 Å². The largest absolute Gasteiger partial charge is 0.478 e. The maximum atomic E-state index is 10.7. The molecule has 2 rings (SSSR count). The zero-order valence-electron chi connectivity index (χ0n) is 7.45. The molecule has 0 fully saturated rings. The minimum absolute atomic E-state index is 0.178. The third-order valence-electron chi connectivity index (χ3n) is 1.63. The van der Waals surface area contributed by atoms with Crippen molar-refractivity contribution in [1.29, 1.82) is 0 Å². The van der Waals surface area contributed by atoms with E-state index >= 15 is 0 Å². The van der Waals surface area contributed by atoms with Crippen molar-refractivity contribution in [2.75, 3.05) is 0 Å². The van der Waals surface area contributed by atoms with Crippen molar-refractivity contribution < 1.29 is 14.6 Å². The number of aromatic carboxylic acids is 1. The first kappa shape index (κ1) is 9.60. The third kappa shape index (κ3) is 2.29. The molecule has 0 saturated carbocycles. The second-order valence-corrected chi connectivity index (χ2v) is 3.38. The van der Waals surface area contributed by atoms with Crippen molar-refractivity contribution in [3.63, 3.8) is 0 Å². The van der Waals surface area contributed by atoms with E-state index in [1.54, 1.807) is 12.1 Å². The summed E-state index contributed by atoms with van der Waals surface area (Å²) >= 11 is 1.10. The van der Waals surface area contributed by atoms with Crippen molar-refractivity contribution in [2.45, 2.75) is 0 Å². The van der Waals surface area contributed by atoms with Gasteiger partial charge in [0.2, 0.25) is 0 Å². The lowest BCUT2D eigenvalue weighted by molar-refractivity contribution is 0.0696. The molecule has 0 aliphatic carbocycles. The first-order chi connectivity index (χ1) is 7.25. The molecule has 6 heteroatoms. The van der Waals surface area contributed by atoms with E-state index in [1.165, 1.54) is 18.5 Å². The van der Waals surface area contributed by atoms with Gasteiger partial charge >= 0.3 is 5.97 Å². The highest BCUT2D eigenvalue weighted by molar-refractivity contribution is 7.07. The van der Waals surface area contributed by atoms with Crippen LogP contribution in [0, 0.1) is 0 Å². The van der Waals surface area contributed by atoms with E-state index in [9.17, 15) is 4.79 Å². The van der Waals surface area contributed by atoms with Crippen LogP contribution in [-0.4, -0.2) is 20.4 Å². The molecular weight excluding hydrogens is 216 g/mol. The van der Waals surface area contributed by atoms with E-state index in [4.69, 9.17) is 9.84 Å². The molecule has 0 bridgehead atoms. The Kier molecular flexibility index (Phi) is 2.59. The summed E-state index contributed by atoms with van der Waals surface area (Å²) in [7, 11) is 0. The van der Waals surface area contributed by atoms with Gasteiger partial charge in [0, 0.05) is 11.5 Å². The van der Waals surface area contributed by atoms with Crippen molar-refractivity contribution in [1.82, 2.24) is 9.36 Å². The average Bonchev–Trinajstić information content (AvgIpc) is 2.71. The Labute approximate surface area is 89.1 Å². The molecule has 0 amide bonds. The molecule has 0 aliphatic rings. The van der Waals surface area contributed by atoms with Crippen LogP contribution in [-0.2, 0) is 0 Å².